The van der Waals surface area contributed by atoms with Crippen molar-refractivity contribution >= 4 is 33.3 Å². The molecule has 0 fully saturated rings. The van der Waals surface area contributed by atoms with Crippen LogP contribution in [0.15, 0.2) is 35.1 Å². The molecular formula is C10H8BrFN4. The zero-order chi connectivity index (χ0) is 11.5. The maximum Gasteiger partial charge on any atom is 0.227 e. The summed E-state index contributed by atoms with van der Waals surface area (Å²) in [7, 11) is 0. The number of rotatable bonds is 2. The quantitative estimate of drug-likeness (QED) is 0.889. The highest BCUT2D eigenvalue weighted by molar-refractivity contribution is 9.10. The molecule has 0 unspecified atom stereocenters. The summed E-state index contributed by atoms with van der Waals surface area (Å²) >= 11 is 3.07. The van der Waals surface area contributed by atoms with E-state index in [1.165, 1.54) is 18.5 Å². The molecule has 0 aliphatic heterocycles. The van der Waals surface area contributed by atoms with E-state index < -0.39 is 0 Å². The van der Waals surface area contributed by atoms with Crippen LogP contribution in [0.3, 0.4) is 0 Å². The maximum atomic E-state index is 13.2. The molecule has 1 aromatic heterocycles. The highest BCUT2D eigenvalue weighted by atomic mass is 79.9. The summed E-state index contributed by atoms with van der Waals surface area (Å²) < 4.78 is 13.6. The minimum absolute atomic E-state index is 0.347. The molecule has 2 aromatic rings. The number of aromatic nitrogens is 2. The van der Waals surface area contributed by atoms with Crippen LogP contribution in [-0.2, 0) is 0 Å². The Balaban J connectivity index is 2.20. The number of anilines is 3. The molecule has 0 atom stereocenters. The van der Waals surface area contributed by atoms with Crippen molar-refractivity contribution in [2.45, 2.75) is 0 Å². The smallest absolute Gasteiger partial charge is 0.227 e. The van der Waals surface area contributed by atoms with Gasteiger partial charge in [-0.2, -0.15) is 0 Å². The first kappa shape index (κ1) is 10.8. The molecule has 0 radical (unpaired) electrons. The number of hydrogen-bond acceptors (Lipinski definition) is 4. The van der Waals surface area contributed by atoms with Gasteiger partial charge in [0.25, 0.3) is 0 Å². The first-order valence-electron chi connectivity index (χ1n) is 4.45. The van der Waals surface area contributed by atoms with Crippen molar-refractivity contribution in [2.24, 2.45) is 0 Å². The van der Waals surface area contributed by atoms with E-state index in [2.05, 4.69) is 31.2 Å². The van der Waals surface area contributed by atoms with Crippen LogP contribution in [0.4, 0.5) is 21.7 Å². The van der Waals surface area contributed by atoms with E-state index in [0.717, 1.165) is 0 Å². The van der Waals surface area contributed by atoms with Crippen LogP contribution in [0.1, 0.15) is 0 Å². The van der Waals surface area contributed by atoms with Gasteiger partial charge in [-0.1, -0.05) is 0 Å². The van der Waals surface area contributed by atoms with E-state index in [-0.39, 0.29) is 5.82 Å². The van der Waals surface area contributed by atoms with Crippen LogP contribution in [0.2, 0.25) is 0 Å². The second kappa shape index (κ2) is 4.44. The van der Waals surface area contributed by atoms with E-state index in [4.69, 9.17) is 5.73 Å². The summed E-state index contributed by atoms with van der Waals surface area (Å²) in [5.41, 5.74) is 6.50. The topological polar surface area (TPSA) is 63.8 Å². The van der Waals surface area contributed by atoms with Gasteiger partial charge in [-0.25, -0.2) is 14.4 Å². The Labute approximate surface area is 99.9 Å². The highest BCUT2D eigenvalue weighted by Gasteiger charge is 2.02. The van der Waals surface area contributed by atoms with Crippen LogP contribution >= 0.6 is 15.9 Å². The lowest BCUT2D eigenvalue weighted by Crippen LogP contribution is -1.98. The van der Waals surface area contributed by atoms with Crippen molar-refractivity contribution in [3.8, 4) is 0 Å². The van der Waals surface area contributed by atoms with Gasteiger partial charge >= 0.3 is 0 Å². The van der Waals surface area contributed by atoms with Crippen LogP contribution in [0, 0.1) is 5.82 Å². The number of hydrogen-bond donors (Lipinski definition) is 2. The summed E-state index contributed by atoms with van der Waals surface area (Å²) in [5.74, 6) is 0.0244. The molecule has 16 heavy (non-hydrogen) atoms. The van der Waals surface area contributed by atoms with Crippen LogP contribution < -0.4 is 11.1 Å². The van der Waals surface area contributed by atoms with Gasteiger partial charge in [-0.05, 0) is 34.1 Å². The van der Waals surface area contributed by atoms with Gasteiger partial charge in [-0.15, -0.1) is 0 Å². The second-order valence-electron chi connectivity index (χ2n) is 3.09. The minimum atomic E-state index is -0.347. The summed E-state index contributed by atoms with van der Waals surface area (Å²) in [6.45, 7) is 0. The zero-order valence-electron chi connectivity index (χ0n) is 8.11. The predicted molar refractivity (Wildman–Crippen MR) is 63.8 cm³/mol. The molecular weight excluding hydrogens is 275 g/mol. The van der Waals surface area contributed by atoms with E-state index in [0.29, 0.717) is 21.8 Å². The molecule has 1 aromatic carbocycles. The first-order valence-corrected chi connectivity index (χ1v) is 5.24. The molecule has 6 heteroatoms. The lowest BCUT2D eigenvalue weighted by atomic mass is 10.3. The number of nitrogen functional groups attached to an aromatic ring is 1. The Bertz CT molecular complexity index is 501. The van der Waals surface area contributed by atoms with Gasteiger partial charge in [0.15, 0.2) is 0 Å². The molecule has 3 N–H and O–H groups in total. The third kappa shape index (κ3) is 2.46. The SMILES string of the molecule is Nc1cnc(Nc2ccc(Br)c(F)c2)nc1. The third-order valence-corrected chi connectivity index (χ3v) is 2.49. The molecule has 1 heterocycles. The Morgan fingerprint density at radius 3 is 2.56 bits per heavy atom. The third-order valence-electron chi connectivity index (χ3n) is 1.85. The van der Waals surface area contributed by atoms with Gasteiger partial charge in [0.2, 0.25) is 5.95 Å². The molecule has 2 rings (SSSR count). The highest BCUT2D eigenvalue weighted by Crippen LogP contribution is 2.20. The van der Waals surface area contributed by atoms with Crippen molar-refractivity contribution in [1.82, 2.24) is 9.97 Å². The Morgan fingerprint density at radius 2 is 1.94 bits per heavy atom. The van der Waals surface area contributed by atoms with Crippen LogP contribution in [0.5, 0.6) is 0 Å². The number of nitrogens with one attached hydrogen (secondary N) is 1. The van der Waals surface area contributed by atoms with E-state index in [9.17, 15) is 4.39 Å². The van der Waals surface area contributed by atoms with Crippen molar-refractivity contribution < 1.29 is 4.39 Å². The minimum Gasteiger partial charge on any atom is -0.396 e. The lowest BCUT2D eigenvalue weighted by molar-refractivity contribution is 0.622. The van der Waals surface area contributed by atoms with Gasteiger partial charge in [0, 0.05) is 5.69 Å². The van der Waals surface area contributed by atoms with E-state index in [1.807, 2.05) is 0 Å². The molecule has 0 bridgehead atoms. The normalized spacial score (nSPS) is 10.1. The van der Waals surface area contributed by atoms with E-state index >= 15 is 0 Å². The van der Waals surface area contributed by atoms with Gasteiger partial charge in [0.1, 0.15) is 5.82 Å². The van der Waals surface area contributed by atoms with Crippen molar-refractivity contribution in [3.05, 3.63) is 40.9 Å². The summed E-state index contributed by atoms with van der Waals surface area (Å²) in [4.78, 5) is 7.89. The maximum absolute atomic E-state index is 13.2. The number of benzene rings is 1. The molecule has 4 nitrogen and oxygen atoms in total. The molecule has 0 saturated carbocycles. The summed E-state index contributed by atoms with van der Waals surface area (Å²) in [5, 5.41) is 2.86. The zero-order valence-corrected chi connectivity index (χ0v) is 9.70. The van der Waals surface area contributed by atoms with Crippen LogP contribution in [0.25, 0.3) is 0 Å². The van der Waals surface area contributed by atoms with Gasteiger partial charge in [0.05, 0.1) is 22.6 Å². The molecule has 0 saturated heterocycles. The van der Waals surface area contributed by atoms with Crippen LogP contribution in [-0.4, -0.2) is 9.97 Å². The average Bonchev–Trinajstić information content (AvgIpc) is 2.27. The van der Waals surface area contributed by atoms with E-state index in [1.54, 1.807) is 12.1 Å². The van der Waals surface area contributed by atoms with Gasteiger partial charge < -0.3 is 11.1 Å². The predicted octanol–water partition coefficient (Wildman–Crippen LogP) is 2.70. The number of nitrogens with two attached hydrogens (primary N) is 1. The Hall–Kier alpha value is -1.69. The summed E-state index contributed by atoms with van der Waals surface area (Å²) in [6, 6.07) is 4.67. The lowest BCUT2D eigenvalue weighted by Gasteiger charge is -2.05. The monoisotopic (exact) mass is 282 g/mol. The fourth-order valence-corrected chi connectivity index (χ4v) is 1.35. The largest absolute Gasteiger partial charge is 0.396 e. The van der Waals surface area contributed by atoms with Crippen molar-refractivity contribution in [2.75, 3.05) is 11.1 Å². The first-order chi connectivity index (χ1) is 7.65. The summed E-state index contributed by atoms with van der Waals surface area (Å²) in [6.07, 6.45) is 2.95. The molecule has 0 aliphatic rings. The van der Waals surface area contributed by atoms with Crippen molar-refractivity contribution in [3.63, 3.8) is 0 Å². The number of halogens is 2. The van der Waals surface area contributed by atoms with Crippen molar-refractivity contribution in [1.29, 1.82) is 0 Å². The Kier molecular flexibility index (Phi) is 3.00. The standard InChI is InChI=1S/C10H8BrFN4/c11-8-2-1-7(3-9(8)12)16-10-14-4-6(13)5-15-10/h1-5H,13H2,(H,14,15,16). The molecule has 0 spiro atoms. The Morgan fingerprint density at radius 1 is 1.25 bits per heavy atom. The fraction of sp³-hybridized carbons (Fsp3) is 0. The molecule has 0 aliphatic carbocycles. The number of nitrogens with zero attached hydrogens (tertiary/aromatic N) is 2. The van der Waals surface area contributed by atoms with Gasteiger partial charge in [-0.3, -0.25) is 0 Å². The molecule has 82 valence electrons. The fourth-order valence-electron chi connectivity index (χ4n) is 1.11. The molecule has 0 amide bonds. The average molecular weight is 283 g/mol. The second-order valence-corrected chi connectivity index (χ2v) is 3.95.